The first-order valence-electron chi connectivity index (χ1n) is 7.31. The fourth-order valence-corrected chi connectivity index (χ4v) is 2.61. The van der Waals surface area contributed by atoms with Crippen LogP contribution in [0.5, 0.6) is 0 Å². The van der Waals surface area contributed by atoms with E-state index in [0.717, 1.165) is 17.0 Å². The van der Waals surface area contributed by atoms with Crippen LogP contribution in [0.25, 0.3) is 5.78 Å². The van der Waals surface area contributed by atoms with E-state index < -0.39 is 5.60 Å². The Morgan fingerprint density at radius 1 is 1.41 bits per heavy atom. The third-order valence-corrected chi connectivity index (χ3v) is 3.63. The Balaban J connectivity index is 2.10. The minimum absolute atomic E-state index is 0.000359. The van der Waals surface area contributed by atoms with Gasteiger partial charge in [0, 0.05) is 31.4 Å². The molecule has 0 aromatic carbocycles. The molecule has 2 heterocycles. The zero-order chi connectivity index (χ0) is 16.5. The second-order valence-corrected chi connectivity index (χ2v) is 6.30. The van der Waals surface area contributed by atoms with Crippen molar-refractivity contribution in [2.45, 2.75) is 46.1 Å². The van der Waals surface area contributed by atoms with Crippen LogP contribution in [0.4, 0.5) is 0 Å². The van der Waals surface area contributed by atoms with Crippen molar-refractivity contribution in [2.75, 3.05) is 13.6 Å². The van der Waals surface area contributed by atoms with Gasteiger partial charge in [-0.3, -0.25) is 4.79 Å². The molecule has 7 nitrogen and oxygen atoms in total. The lowest BCUT2D eigenvalue weighted by Crippen LogP contribution is -2.39. The van der Waals surface area contributed by atoms with Crippen molar-refractivity contribution in [3.63, 3.8) is 0 Å². The molecule has 1 N–H and O–H groups in total. The number of hydrogen-bond donors (Lipinski definition) is 1. The van der Waals surface area contributed by atoms with Crippen molar-refractivity contribution in [3.8, 4) is 0 Å². The minimum Gasteiger partial charge on any atom is -0.389 e. The van der Waals surface area contributed by atoms with Crippen molar-refractivity contribution in [1.82, 2.24) is 24.5 Å². The first-order valence-corrected chi connectivity index (χ1v) is 7.31. The largest absolute Gasteiger partial charge is 0.389 e. The average molecular weight is 305 g/mol. The summed E-state index contributed by atoms with van der Waals surface area (Å²) in [4.78, 5) is 22.2. The molecular weight excluding hydrogens is 282 g/mol. The molecule has 2 aromatic heterocycles. The van der Waals surface area contributed by atoms with E-state index in [1.54, 1.807) is 30.3 Å². The van der Waals surface area contributed by atoms with Gasteiger partial charge < -0.3 is 10.0 Å². The number of nitrogens with zero attached hydrogens (tertiary/aromatic N) is 5. The van der Waals surface area contributed by atoms with Gasteiger partial charge in [0.2, 0.25) is 5.91 Å². The molecule has 0 saturated carbocycles. The molecule has 0 saturated heterocycles. The van der Waals surface area contributed by atoms with E-state index in [4.69, 9.17) is 0 Å². The molecule has 0 radical (unpaired) electrons. The molecule has 120 valence electrons. The monoisotopic (exact) mass is 305 g/mol. The Morgan fingerprint density at radius 2 is 2.09 bits per heavy atom. The van der Waals surface area contributed by atoms with Crippen molar-refractivity contribution in [3.05, 3.63) is 23.3 Å². The van der Waals surface area contributed by atoms with Gasteiger partial charge >= 0.3 is 0 Å². The van der Waals surface area contributed by atoms with E-state index in [0.29, 0.717) is 25.2 Å². The van der Waals surface area contributed by atoms with Crippen LogP contribution in [-0.2, 0) is 11.2 Å². The number of hydrogen-bond acceptors (Lipinski definition) is 5. The summed E-state index contributed by atoms with van der Waals surface area (Å²) < 4.78 is 1.69. The molecule has 0 atom stereocenters. The van der Waals surface area contributed by atoms with Crippen LogP contribution >= 0.6 is 0 Å². The van der Waals surface area contributed by atoms with E-state index in [1.165, 1.54) is 6.33 Å². The number of carbonyl (C=O) groups is 1. The Kier molecular flexibility index (Phi) is 4.46. The van der Waals surface area contributed by atoms with Crippen LogP contribution in [0, 0.1) is 13.8 Å². The molecule has 0 fully saturated rings. The van der Waals surface area contributed by atoms with Crippen molar-refractivity contribution < 1.29 is 9.90 Å². The van der Waals surface area contributed by atoms with Crippen molar-refractivity contribution in [1.29, 1.82) is 0 Å². The zero-order valence-corrected chi connectivity index (χ0v) is 13.8. The van der Waals surface area contributed by atoms with Crippen LogP contribution in [0.3, 0.4) is 0 Å². The highest BCUT2D eigenvalue weighted by Gasteiger charge is 2.20. The fraction of sp³-hybridized carbons (Fsp3) is 0.600. The third-order valence-electron chi connectivity index (χ3n) is 3.63. The molecule has 0 aliphatic carbocycles. The molecule has 22 heavy (non-hydrogen) atoms. The maximum atomic E-state index is 12.2. The van der Waals surface area contributed by atoms with E-state index in [1.807, 2.05) is 13.8 Å². The smallest absolute Gasteiger partial charge is 0.252 e. The second kappa shape index (κ2) is 6.00. The highest BCUT2D eigenvalue weighted by atomic mass is 16.3. The first-order chi connectivity index (χ1) is 10.2. The SMILES string of the molecule is Cc1nc2ncnn2c(C)c1CCC(=O)N(C)CC(C)(C)O. The van der Waals surface area contributed by atoms with Crippen molar-refractivity contribution >= 4 is 11.7 Å². The van der Waals surface area contributed by atoms with Gasteiger partial charge in [-0.05, 0) is 39.7 Å². The number of fused-ring (bicyclic) bond motifs is 1. The summed E-state index contributed by atoms with van der Waals surface area (Å²) in [6.45, 7) is 7.56. The summed E-state index contributed by atoms with van der Waals surface area (Å²) >= 11 is 0. The summed E-state index contributed by atoms with van der Waals surface area (Å²) in [6, 6.07) is 0. The summed E-state index contributed by atoms with van der Waals surface area (Å²) in [5.74, 6) is 0.573. The number of carbonyl (C=O) groups excluding carboxylic acids is 1. The normalized spacial score (nSPS) is 11.9. The highest BCUT2D eigenvalue weighted by Crippen LogP contribution is 2.15. The number of likely N-dealkylation sites (N-methyl/N-ethyl adjacent to an activating group) is 1. The topological polar surface area (TPSA) is 83.6 Å². The summed E-state index contributed by atoms with van der Waals surface area (Å²) in [6.07, 6.45) is 2.44. The summed E-state index contributed by atoms with van der Waals surface area (Å²) in [5, 5.41) is 13.9. The maximum absolute atomic E-state index is 12.2. The molecule has 0 bridgehead atoms. The predicted molar refractivity (Wildman–Crippen MR) is 82.5 cm³/mol. The molecule has 0 spiro atoms. The van der Waals surface area contributed by atoms with Gasteiger partial charge in [0.1, 0.15) is 6.33 Å². The van der Waals surface area contributed by atoms with Gasteiger partial charge in [0.25, 0.3) is 5.78 Å². The van der Waals surface area contributed by atoms with E-state index >= 15 is 0 Å². The Labute approximate surface area is 130 Å². The number of amides is 1. The lowest BCUT2D eigenvalue weighted by Gasteiger charge is -2.25. The Bertz CT molecular complexity index is 687. The van der Waals surface area contributed by atoms with Gasteiger partial charge in [-0.2, -0.15) is 10.1 Å². The fourth-order valence-electron chi connectivity index (χ4n) is 2.61. The first kappa shape index (κ1) is 16.4. The number of aryl methyl sites for hydroxylation is 2. The Morgan fingerprint density at radius 3 is 2.73 bits per heavy atom. The number of rotatable bonds is 5. The number of aromatic nitrogens is 4. The molecule has 2 aromatic rings. The molecule has 7 heteroatoms. The average Bonchev–Trinajstić information content (AvgIpc) is 2.84. The quantitative estimate of drug-likeness (QED) is 0.887. The maximum Gasteiger partial charge on any atom is 0.252 e. The molecule has 2 rings (SSSR count). The lowest BCUT2D eigenvalue weighted by molar-refractivity contribution is -0.132. The molecule has 0 aliphatic heterocycles. The lowest BCUT2D eigenvalue weighted by atomic mass is 10.1. The minimum atomic E-state index is -0.891. The molecule has 1 amide bonds. The van der Waals surface area contributed by atoms with Crippen LogP contribution in [0.15, 0.2) is 6.33 Å². The number of aliphatic hydroxyl groups is 1. The molecule has 0 unspecified atom stereocenters. The summed E-state index contributed by atoms with van der Waals surface area (Å²) in [7, 11) is 1.71. The summed E-state index contributed by atoms with van der Waals surface area (Å²) in [5.41, 5.74) is 1.95. The van der Waals surface area contributed by atoms with E-state index in [9.17, 15) is 9.90 Å². The van der Waals surface area contributed by atoms with Gasteiger partial charge in [-0.25, -0.2) is 9.50 Å². The standard InChI is InChI=1S/C15H23N5O2/c1-10-12(11(2)20-14(18-10)16-9-17-20)6-7-13(21)19(5)8-15(3,4)22/h9,22H,6-8H2,1-5H3. The van der Waals surface area contributed by atoms with Crippen LogP contribution in [0.2, 0.25) is 0 Å². The van der Waals surface area contributed by atoms with Crippen molar-refractivity contribution in [2.24, 2.45) is 0 Å². The highest BCUT2D eigenvalue weighted by molar-refractivity contribution is 5.76. The predicted octanol–water partition coefficient (Wildman–Crippen LogP) is 0.903. The molecule has 0 aliphatic rings. The van der Waals surface area contributed by atoms with E-state index in [2.05, 4.69) is 15.1 Å². The van der Waals surface area contributed by atoms with Crippen LogP contribution in [-0.4, -0.2) is 54.7 Å². The molecular formula is C15H23N5O2. The zero-order valence-electron chi connectivity index (χ0n) is 13.8. The third kappa shape index (κ3) is 3.59. The van der Waals surface area contributed by atoms with Crippen LogP contribution in [0.1, 0.15) is 37.2 Å². The van der Waals surface area contributed by atoms with Gasteiger partial charge in [-0.1, -0.05) is 0 Å². The van der Waals surface area contributed by atoms with Gasteiger partial charge in [-0.15, -0.1) is 0 Å². The Hall–Kier alpha value is -2.02. The van der Waals surface area contributed by atoms with Crippen LogP contribution < -0.4 is 0 Å². The van der Waals surface area contributed by atoms with Gasteiger partial charge in [0.05, 0.1) is 5.60 Å². The second-order valence-electron chi connectivity index (χ2n) is 6.30. The van der Waals surface area contributed by atoms with E-state index in [-0.39, 0.29) is 5.91 Å². The van der Waals surface area contributed by atoms with Gasteiger partial charge in [0.15, 0.2) is 0 Å².